The fourth-order valence-corrected chi connectivity index (χ4v) is 1.83. The summed E-state index contributed by atoms with van der Waals surface area (Å²) in [6, 6.07) is 3.36. The zero-order chi connectivity index (χ0) is 9.59. The van der Waals surface area contributed by atoms with Crippen LogP contribution in [-0.4, -0.2) is 5.10 Å². The van der Waals surface area contributed by atoms with Crippen molar-refractivity contribution in [2.45, 2.75) is 6.92 Å². The highest BCUT2D eigenvalue weighted by molar-refractivity contribution is 9.10. The van der Waals surface area contributed by atoms with Gasteiger partial charge < -0.3 is 0 Å². The molecule has 68 valence electrons. The Hall–Kier alpha value is -0.900. The lowest BCUT2D eigenvalue weighted by Gasteiger charge is -1.91. The van der Waals surface area contributed by atoms with E-state index in [2.05, 4.69) is 21.0 Å². The topological polar surface area (TPSA) is 19.7 Å². The van der Waals surface area contributed by atoms with E-state index in [0.29, 0.717) is 5.52 Å². The van der Waals surface area contributed by atoms with Crippen molar-refractivity contribution < 1.29 is 9.07 Å². The van der Waals surface area contributed by atoms with Gasteiger partial charge in [0.2, 0.25) is 5.69 Å². The quantitative estimate of drug-likeness (QED) is 0.685. The second-order valence-electron chi connectivity index (χ2n) is 3.07. The van der Waals surface area contributed by atoms with Crippen LogP contribution in [0.4, 0.5) is 4.39 Å². The average molecular weight is 244 g/mol. The first-order chi connectivity index (χ1) is 6.09. The van der Waals surface area contributed by atoms with Gasteiger partial charge in [0.1, 0.15) is 5.52 Å². The SMILES string of the molecule is Cc1c2cc(Br)cc(F)c2[nH][n+]1C. The molecule has 2 aromatic rings. The summed E-state index contributed by atoms with van der Waals surface area (Å²) in [5, 5.41) is 3.85. The van der Waals surface area contributed by atoms with Crippen LogP contribution >= 0.6 is 15.9 Å². The molecule has 0 fully saturated rings. The number of nitrogens with one attached hydrogen (secondary N) is 1. The molecular weight excluding hydrogens is 235 g/mol. The number of halogens is 2. The minimum absolute atomic E-state index is 0.229. The smallest absolute Gasteiger partial charge is 0.204 e. The summed E-state index contributed by atoms with van der Waals surface area (Å²) in [6.45, 7) is 1.95. The van der Waals surface area contributed by atoms with Gasteiger partial charge in [-0.15, -0.1) is 4.68 Å². The molecule has 0 saturated carbocycles. The maximum absolute atomic E-state index is 13.4. The van der Waals surface area contributed by atoms with Crippen LogP contribution in [0.1, 0.15) is 5.69 Å². The van der Waals surface area contributed by atoms with Crippen LogP contribution < -0.4 is 4.68 Å². The molecule has 1 heterocycles. The molecule has 0 radical (unpaired) electrons. The molecule has 0 unspecified atom stereocenters. The van der Waals surface area contributed by atoms with Gasteiger partial charge in [0.15, 0.2) is 12.9 Å². The van der Waals surface area contributed by atoms with Crippen molar-refractivity contribution >= 4 is 26.8 Å². The lowest BCUT2D eigenvalue weighted by Crippen LogP contribution is -2.32. The van der Waals surface area contributed by atoms with Gasteiger partial charge in [0, 0.05) is 11.4 Å². The number of hydrogen-bond acceptors (Lipinski definition) is 0. The van der Waals surface area contributed by atoms with Crippen molar-refractivity contribution in [3.05, 3.63) is 28.1 Å². The highest BCUT2D eigenvalue weighted by Gasteiger charge is 2.15. The zero-order valence-corrected chi connectivity index (χ0v) is 8.94. The van der Waals surface area contributed by atoms with E-state index in [0.717, 1.165) is 15.6 Å². The summed E-state index contributed by atoms with van der Waals surface area (Å²) in [5.74, 6) is -0.229. The number of hydrogen-bond donors (Lipinski definition) is 1. The Balaban J connectivity index is 2.94. The molecule has 13 heavy (non-hydrogen) atoms. The van der Waals surface area contributed by atoms with Crippen LogP contribution in [0.25, 0.3) is 10.9 Å². The van der Waals surface area contributed by atoms with Gasteiger partial charge in [0.05, 0.1) is 5.39 Å². The van der Waals surface area contributed by atoms with Gasteiger partial charge in [-0.1, -0.05) is 15.9 Å². The number of aromatic amines is 1. The molecule has 2 rings (SSSR count). The van der Waals surface area contributed by atoms with Crippen LogP contribution in [0, 0.1) is 12.7 Å². The molecule has 0 spiro atoms. The summed E-state index contributed by atoms with van der Waals surface area (Å²) in [4.78, 5) is 0. The van der Waals surface area contributed by atoms with E-state index in [4.69, 9.17) is 0 Å². The van der Waals surface area contributed by atoms with Gasteiger partial charge in [0.25, 0.3) is 0 Å². The second-order valence-corrected chi connectivity index (χ2v) is 3.98. The minimum atomic E-state index is -0.229. The summed E-state index contributed by atoms with van der Waals surface area (Å²) < 4.78 is 15.9. The first-order valence-corrected chi connectivity index (χ1v) is 4.72. The van der Waals surface area contributed by atoms with Crippen molar-refractivity contribution in [1.29, 1.82) is 0 Å². The monoisotopic (exact) mass is 243 g/mol. The molecule has 1 aromatic heterocycles. The summed E-state index contributed by atoms with van der Waals surface area (Å²) in [5.41, 5.74) is 1.58. The highest BCUT2D eigenvalue weighted by atomic mass is 79.9. The van der Waals surface area contributed by atoms with Gasteiger partial charge in [-0.05, 0) is 12.1 Å². The Kier molecular flexibility index (Phi) is 1.87. The summed E-state index contributed by atoms with van der Waals surface area (Å²) in [6.07, 6.45) is 0. The molecular formula is C9H9BrFN2+. The highest BCUT2D eigenvalue weighted by Crippen LogP contribution is 2.22. The van der Waals surface area contributed by atoms with Gasteiger partial charge >= 0.3 is 0 Å². The Morgan fingerprint density at radius 1 is 1.46 bits per heavy atom. The molecule has 0 aliphatic carbocycles. The molecule has 2 nitrogen and oxygen atoms in total. The standard InChI is InChI=1S/C9H8BrFN2/c1-5-7-3-6(10)4-8(11)9(7)12-13(5)2/h3-4H,1-2H3/p+1. The van der Waals surface area contributed by atoms with E-state index in [1.165, 1.54) is 6.07 Å². The first-order valence-electron chi connectivity index (χ1n) is 3.93. The third-order valence-electron chi connectivity index (χ3n) is 2.23. The van der Waals surface area contributed by atoms with Crippen LogP contribution in [0.2, 0.25) is 0 Å². The number of fused-ring (bicyclic) bond motifs is 1. The maximum atomic E-state index is 13.4. The van der Waals surface area contributed by atoms with E-state index in [-0.39, 0.29) is 5.82 Å². The molecule has 1 aromatic carbocycles. The van der Waals surface area contributed by atoms with Crippen LogP contribution in [0.3, 0.4) is 0 Å². The van der Waals surface area contributed by atoms with Crippen molar-refractivity contribution in [1.82, 2.24) is 5.10 Å². The third kappa shape index (κ3) is 1.25. The predicted octanol–water partition coefficient (Wildman–Crippen LogP) is 2.20. The number of benzene rings is 1. The van der Waals surface area contributed by atoms with Gasteiger partial charge in [-0.3, -0.25) is 0 Å². The van der Waals surface area contributed by atoms with Crippen molar-refractivity contribution in [2.75, 3.05) is 0 Å². The first kappa shape index (κ1) is 8.69. The second kappa shape index (κ2) is 2.80. The fraction of sp³-hybridized carbons (Fsp3) is 0.222. The van der Waals surface area contributed by atoms with Crippen molar-refractivity contribution in [2.24, 2.45) is 7.05 Å². The molecule has 4 heteroatoms. The lowest BCUT2D eigenvalue weighted by molar-refractivity contribution is -0.730. The van der Waals surface area contributed by atoms with Crippen molar-refractivity contribution in [3.8, 4) is 0 Å². The van der Waals surface area contributed by atoms with Crippen LogP contribution in [-0.2, 0) is 7.05 Å². The number of rotatable bonds is 0. The van der Waals surface area contributed by atoms with E-state index in [1.807, 2.05) is 20.0 Å². The van der Waals surface area contributed by atoms with Gasteiger partial charge in [-0.25, -0.2) is 4.39 Å². The van der Waals surface area contributed by atoms with E-state index >= 15 is 0 Å². The van der Waals surface area contributed by atoms with E-state index in [9.17, 15) is 4.39 Å². The number of H-pyrrole nitrogens is 1. The number of nitrogens with zero attached hydrogens (tertiary/aromatic N) is 1. The van der Waals surface area contributed by atoms with Crippen molar-refractivity contribution in [3.63, 3.8) is 0 Å². The maximum Gasteiger partial charge on any atom is 0.212 e. The average Bonchev–Trinajstić information content (AvgIpc) is 2.32. The number of aryl methyl sites for hydroxylation is 2. The molecule has 0 amide bonds. The Bertz CT molecular complexity index is 476. The number of aromatic nitrogens is 2. The Morgan fingerprint density at radius 2 is 2.15 bits per heavy atom. The summed E-state index contributed by atoms with van der Waals surface area (Å²) >= 11 is 3.26. The van der Waals surface area contributed by atoms with E-state index in [1.54, 1.807) is 4.68 Å². The van der Waals surface area contributed by atoms with Gasteiger partial charge in [-0.2, -0.15) is 5.10 Å². The molecule has 0 aliphatic rings. The Morgan fingerprint density at radius 3 is 2.85 bits per heavy atom. The summed E-state index contributed by atoms with van der Waals surface area (Å²) in [7, 11) is 1.86. The molecule has 0 bridgehead atoms. The third-order valence-corrected chi connectivity index (χ3v) is 2.69. The molecule has 1 N–H and O–H groups in total. The van der Waals surface area contributed by atoms with E-state index < -0.39 is 0 Å². The molecule has 0 aliphatic heterocycles. The molecule has 0 atom stereocenters. The largest absolute Gasteiger partial charge is 0.212 e. The zero-order valence-electron chi connectivity index (χ0n) is 7.36. The van der Waals surface area contributed by atoms with Crippen LogP contribution in [0.5, 0.6) is 0 Å². The lowest BCUT2D eigenvalue weighted by atomic mass is 10.2. The predicted molar refractivity (Wildman–Crippen MR) is 51.9 cm³/mol. The fourth-order valence-electron chi connectivity index (χ4n) is 1.40. The van der Waals surface area contributed by atoms with Crippen LogP contribution in [0.15, 0.2) is 16.6 Å². The Labute approximate surface area is 83.5 Å². The normalized spacial score (nSPS) is 11.1. The molecule has 0 saturated heterocycles. The minimum Gasteiger partial charge on any atom is -0.204 e.